The lowest BCUT2D eigenvalue weighted by Crippen LogP contribution is -2.30. The van der Waals surface area contributed by atoms with Crippen LogP contribution in [0, 0.1) is 5.92 Å². The number of amides is 1. The largest absolute Gasteiger partial charge is 0.497 e. The average molecular weight is 291 g/mol. The van der Waals surface area contributed by atoms with Crippen molar-refractivity contribution in [3.05, 3.63) is 29.8 Å². The van der Waals surface area contributed by atoms with E-state index in [4.69, 9.17) is 9.84 Å². The van der Waals surface area contributed by atoms with Crippen LogP contribution in [-0.4, -0.2) is 42.1 Å². The molecule has 5 nitrogen and oxygen atoms in total. The normalized spacial score (nSPS) is 17.8. The highest BCUT2D eigenvalue weighted by atomic mass is 16.5. The SMILES string of the molecule is COc1ccc(CC(=O)N2CCC(CCC(=O)O)C2)cc1. The predicted molar refractivity (Wildman–Crippen MR) is 78.3 cm³/mol. The standard InChI is InChI=1S/C16H21NO4/c1-21-14-5-2-12(3-6-14)10-15(18)17-9-8-13(11-17)4-7-16(19)20/h2-3,5-6,13H,4,7-11H2,1H3,(H,19,20). The van der Waals surface area contributed by atoms with Gasteiger partial charge in [-0.3, -0.25) is 9.59 Å². The van der Waals surface area contributed by atoms with E-state index in [1.54, 1.807) is 7.11 Å². The maximum atomic E-state index is 12.2. The van der Waals surface area contributed by atoms with E-state index in [0.717, 1.165) is 24.3 Å². The second-order valence-corrected chi connectivity index (χ2v) is 5.45. The number of ether oxygens (including phenoxy) is 1. The third-order valence-electron chi connectivity index (χ3n) is 3.92. The quantitative estimate of drug-likeness (QED) is 0.870. The molecule has 21 heavy (non-hydrogen) atoms. The first kappa shape index (κ1) is 15.4. The summed E-state index contributed by atoms with van der Waals surface area (Å²) in [6.45, 7) is 1.42. The minimum atomic E-state index is -0.766. The summed E-state index contributed by atoms with van der Waals surface area (Å²) in [6.07, 6.45) is 2.13. The Morgan fingerprint density at radius 2 is 2.05 bits per heavy atom. The fourth-order valence-electron chi connectivity index (χ4n) is 2.65. The molecular weight excluding hydrogens is 270 g/mol. The molecule has 1 heterocycles. The van der Waals surface area contributed by atoms with Gasteiger partial charge in [-0.25, -0.2) is 0 Å². The molecule has 0 aromatic heterocycles. The second-order valence-electron chi connectivity index (χ2n) is 5.45. The van der Waals surface area contributed by atoms with Crippen LogP contribution in [0.4, 0.5) is 0 Å². The molecule has 1 atom stereocenters. The Morgan fingerprint density at radius 1 is 1.33 bits per heavy atom. The summed E-state index contributed by atoms with van der Waals surface area (Å²) in [5.41, 5.74) is 0.967. The van der Waals surface area contributed by atoms with Crippen LogP contribution in [0.3, 0.4) is 0 Å². The zero-order valence-electron chi connectivity index (χ0n) is 12.2. The zero-order valence-corrected chi connectivity index (χ0v) is 12.2. The van der Waals surface area contributed by atoms with Gasteiger partial charge in [-0.05, 0) is 36.5 Å². The second kappa shape index (κ2) is 7.11. The summed E-state index contributed by atoms with van der Waals surface area (Å²) in [6, 6.07) is 7.49. The Morgan fingerprint density at radius 3 is 2.67 bits per heavy atom. The minimum Gasteiger partial charge on any atom is -0.497 e. The molecule has 0 saturated carbocycles. The number of aliphatic carboxylic acids is 1. The number of hydrogen-bond donors (Lipinski definition) is 1. The molecule has 1 aliphatic rings. The summed E-state index contributed by atoms with van der Waals surface area (Å²) in [5.74, 6) is 0.443. The molecule has 1 aromatic rings. The van der Waals surface area contributed by atoms with Gasteiger partial charge in [-0.2, -0.15) is 0 Å². The number of carbonyl (C=O) groups excluding carboxylic acids is 1. The lowest BCUT2D eigenvalue weighted by atomic mass is 10.0. The molecule has 0 bridgehead atoms. The summed E-state index contributed by atoms with van der Waals surface area (Å²) >= 11 is 0. The van der Waals surface area contributed by atoms with Crippen molar-refractivity contribution < 1.29 is 19.4 Å². The summed E-state index contributed by atoms with van der Waals surface area (Å²) in [5, 5.41) is 8.70. The average Bonchev–Trinajstić information content (AvgIpc) is 2.95. The van der Waals surface area contributed by atoms with E-state index in [1.165, 1.54) is 0 Å². The van der Waals surface area contributed by atoms with Gasteiger partial charge in [-0.15, -0.1) is 0 Å². The van der Waals surface area contributed by atoms with Gasteiger partial charge in [0.05, 0.1) is 13.5 Å². The maximum Gasteiger partial charge on any atom is 0.303 e. The van der Waals surface area contributed by atoms with Crippen molar-refractivity contribution in [3.8, 4) is 5.75 Å². The van der Waals surface area contributed by atoms with Gasteiger partial charge in [0.15, 0.2) is 0 Å². The Hall–Kier alpha value is -2.04. The molecular formula is C16H21NO4. The number of benzene rings is 1. The van der Waals surface area contributed by atoms with E-state index < -0.39 is 5.97 Å². The molecule has 0 radical (unpaired) electrons. The molecule has 1 N–H and O–H groups in total. The van der Waals surface area contributed by atoms with Crippen LogP contribution >= 0.6 is 0 Å². The fraction of sp³-hybridized carbons (Fsp3) is 0.500. The molecule has 0 spiro atoms. The van der Waals surface area contributed by atoms with Crippen molar-refractivity contribution in [1.29, 1.82) is 0 Å². The Labute approximate surface area is 124 Å². The van der Waals surface area contributed by atoms with E-state index >= 15 is 0 Å². The van der Waals surface area contributed by atoms with Crippen LogP contribution < -0.4 is 4.74 Å². The van der Waals surface area contributed by atoms with Gasteiger partial charge < -0.3 is 14.7 Å². The maximum absolute atomic E-state index is 12.2. The molecule has 1 aliphatic heterocycles. The smallest absolute Gasteiger partial charge is 0.303 e. The van der Waals surface area contributed by atoms with Gasteiger partial charge in [-0.1, -0.05) is 12.1 Å². The van der Waals surface area contributed by atoms with E-state index in [9.17, 15) is 9.59 Å². The van der Waals surface area contributed by atoms with Gasteiger partial charge in [0.1, 0.15) is 5.75 Å². The molecule has 1 aromatic carbocycles. The number of likely N-dealkylation sites (tertiary alicyclic amines) is 1. The topological polar surface area (TPSA) is 66.8 Å². The number of carboxylic acids is 1. The third kappa shape index (κ3) is 4.48. The van der Waals surface area contributed by atoms with E-state index in [2.05, 4.69) is 0 Å². The zero-order chi connectivity index (χ0) is 15.2. The highest BCUT2D eigenvalue weighted by Gasteiger charge is 2.26. The third-order valence-corrected chi connectivity index (χ3v) is 3.92. The van der Waals surface area contributed by atoms with Crippen LogP contribution in [0.1, 0.15) is 24.8 Å². The first-order chi connectivity index (χ1) is 10.1. The molecule has 1 fully saturated rings. The number of methoxy groups -OCH3 is 1. The summed E-state index contributed by atoms with van der Waals surface area (Å²) in [7, 11) is 1.61. The van der Waals surface area contributed by atoms with Crippen LogP contribution in [-0.2, 0) is 16.0 Å². The Balaban J connectivity index is 1.82. The Kier molecular flexibility index (Phi) is 5.20. The highest BCUT2D eigenvalue weighted by Crippen LogP contribution is 2.22. The van der Waals surface area contributed by atoms with Crippen LogP contribution in [0.15, 0.2) is 24.3 Å². The molecule has 114 valence electrons. The lowest BCUT2D eigenvalue weighted by Gasteiger charge is -2.16. The highest BCUT2D eigenvalue weighted by molar-refractivity contribution is 5.79. The molecule has 2 rings (SSSR count). The molecule has 1 amide bonds. The Bertz CT molecular complexity index is 498. The summed E-state index contributed by atoms with van der Waals surface area (Å²) in [4.78, 5) is 24.6. The molecule has 1 saturated heterocycles. The number of rotatable bonds is 6. The number of carboxylic acid groups (broad SMARTS) is 1. The van der Waals surface area contributed by atoms with Gasteiger partial charge in [0, 0.05) is 19.5 Å². The van der Waals surface area contributed by atoms with Gasteiger partial charge >= 0.3 is 5.97 Å². The van der Waals surface area contributed by atoms with Crippen molar-refractivity contribution in [3.63, 3.8) is 0 Å². The van der Waals surface area contributed by atoms with Gasteiger partial charge in [0.2, 0.25) is 5.91 Å². The minimum absolute atomic E-state index is 0.109. The monoisotopic (exact) mass is 291 g/mol. The molecule has 0 aliphatic carbocycles. The van der Waals surface area contributed by atoms with Crippen molar-refractivity contribution in [2.24, 2.45) is 5.92 Å². The van der Waals surface area contributed by atoms with Crippen molar-refractivity contribution in [2.45, 2.75) is 25.7 Å². The molecule has 5 heteroatoms. The fourth-order valence-corrected chi connectivity index (χ4v) is 2.65. The van der Waals surface area contributed by atoms with Crippen LogP contribution in [0.2, 0.25) is 0 Å². The summed E-state index contributed by atoms with van der Waals surface area (Å²) < 4.78 is 5.09. The number of carbonyl (C=O) groups is 2. The van der Waals surface area contributed by atoms with Crippen molar-refractivity contribution in [1.82, 2.24) is 4.90 Å². The van der Waals surface area contributed by atoms with Gasteiger partial charge in [0.25, 0.3) is 0 Å². The van der Waals surface area contributed by atoms with E-state index in [0.29, 0.717) is 25.3 Å². The van der Waals surface area contributed by atoms with Crippen LogP contribution in [0.25, 0.3) is 0 Å². The van der Waals surface area contributed by atoms with E-state index in [-0.39, 0.29) is 12.3 Å². The van der Waals surface area contributed by atoms with Crippen molar-refractivity contribution >= 4 is 11.9 Å². The van der Waals surface area contributed by atoms with Crippen molar-refractivity contribution in [2.75, 3.05) is 20.2 Å². The first-order valence-electron chi connectivity index (χ1n) is 7.21. The number of hydrogen-bond acceptors (Lipinski definition) is 3. The molecule has 1 unspecified atom stereocenters. The lowest BCUT2D eigenvalue weighted by molar-refractivity contribution is -0.137. The first-order valence-corrected chi connectivity index (χ1v) is 7.21. The number of nitrogens with zero attached hydrogens (tertiary/aromatic N) is 1. The van der Waals surface area contributed by atoms with Crippen LogP contribution in [0.5, 0.6) is 5.75 Å². The van der Waals surface area contributed by atoms with E-state index in [1.807, 2.05) is 29.2 Å². The predicted octanol–water partition coefficient (Wildman–Crippen LogP) is 1.95.